The van der Waals surface area contributed by atoms with Crippen molar-refractivity contribution in [1.29, 1.82) is 0 Å². The standard InChI is InChI=1S/C15H24O3S/c1-6-14(16)11(2)19(17,18)13-9-7-12(8-10-13)15(3,4)5/h7-11,14,16H,6H2,1-5H3. The van der Waals surface area contributed by atoms with Crippen LogP contribution in [0.5, 0.6) is 0 Å². The van der Waals surface area contributed by atoms with Crippen molar-refractivity contribution in [2.75, 3.05) is 0 Å². The van der Waals surface area contributed by atoms with Gasteiger partial charge < -0.3 is 5.11 Å². The van der Waals surface area contributed by atoms with E-state index in [9.17, 15) is 13.5 Å². The molecular formula is C15H24O3S. The Bertz CT molecular complexity index is 509. The van der Waals surface area contributed by atoms with E-state index in [0.717, 1.165) is 5.56 Å². The summed E-state index contributed by atoms with van der Waals surface area (Å²) in [6, 6.07) is 6.96. The SMILES string of the molecule is CCC(O)C(C)S(=O)(=O)c1ccc(C(C)(C)C)cc1. The van der Waals surface area contributed by atoms with Crippen LogP contribution in [0.1, 0.15) is 46.6 Å². The third kappa shape index (κ3) is 3.57. The number of aliphatic hydroxyl groups is 1. The first-order valence-corrected chi connectivity index (χ1v) is 8.18. The second-order valence-electron chi connectivity index (χ2n) is 6.00. The van der Waals surface area contributed by atoms with Gasteiger partial charge in [0.25, 0.3) is 0 Å². The molecule has 0 saturated heterocycles. The lowest BCUT2D eigenvalue weighted by Crippen LogP contribution is -2.31. The van der Waals surface area contributed by atoms with Crippen molar-refractivity contribution in [3.63, 3.8) is 0 Å². The van der Waals surface area contributed by atoms with Gasteiger partial charge in [-0.05, 0) is 36.5 Å². The molecule has 0 fully saturated rings. The van der Waals surface area contributed by atoms with Crippen LogP contribution in [0.3, 0.4) is 0 Å². The molecule has 1 aromatic carbocycles. The van der Waals surface area contributed by atoms with Crippen LogP contribution in [0.4, 0.5) is 0 Å². The Morgan fingerprint density at radius 2 is 1.63 bits per heavy atom. The second kappa shape index (κ2) is 5.63. The first kappa shape index (κ1) is 16.2. The third-order valence-electron chi connectivity index (χ3n) is 3.50. The van der Waals surface area contributed by atoms with Gasteiger partial charge in [0.1, 0.15) is 0 Å². The molecule has 2 atom stereocenters. The predicted molar refractivity (Wildman–Crippen MR) is 78.1 cm³/mol. The summed E-state index contributed by atoms with van der Waals surface area (Å²) in [5, 5.41) is 8.95. The van der Waals surface area contributed by atoms with Crippen molar-refractivity contribution >= 4 is 9.84 Å². The minimum absolute atomic E-state index is 0.00313. The largest absolute Gasteiger partial charge is 0.392 e. The fourth-order valence-corrected chi connectivity index (χ4v) is 3.45. The molecule has 0 heterocycles. The minimum Gasteiger partial charge on any atom is -0.392 e. The van der Waals surface area contributed by atoms with Crippen LogP contribution in [-0.2, 0) is 15.3 Å². The monoisotopic (exact) mass is 284 g/mol. The molecule has 1 N–H and O–H groups in total. The van der Waals surface area contributed by atoms with Gasteiger partial charge in [-0.15, -0.1) is 0 Å². The molecule has 0 aliphatic carbocycles. The first-order chi connectivity index (χ1) is 8.60. The van der Waals surface area contributed by atoms with Gasteiger partial charge in [-0.2, -0.15) is 0 Å². The van der Waals surface area contributed by atoms with E-state index >= 15 is 0 Å². The molecule has 0 saturated carbocycles. The zero-order chi connectivity index (χ0) is 14.8. The Balaban J connectivity index is 3.10. The van der Waals surface area contributed by atoms with Crippen molar-refractivity contribution < 1.29 is 13.5 Å². The molecule has 0 radical (unpaired) electrons. The lowest BCUT2D eigenvalue weighted by molar-refractivity contribution is 0.168. The quantitative estimate of drug-likeness (QED) is 0.925. The van der Waals surface area contributed by atoms with Gasteiger partial charge in [-0.1, -0.05) is 39.8 Å². The summed E-state index contributed by atoms with van der Waals surface area (Å²) in [6.45, 7) is 9.58. The van der Waals surface area contributed by atoms with Crippen molar-refractivity contribution in [3.8, 4) is 0 Å². The van der Waals surface area contributed by atoms with Crippen molar-refractivity contribution in [1.82, 2.24) is 0 Å². The highest BCUT2D eigenvalue weighted by atomic mass is 32.2. The summed E-state index contributed by atoms with van der Waals surface area (Å²) in [6.07, 6.45) is -0.396. The number of sulfone groups is 1. The summed E-state index contributed by atoms with van der Waals surface area (Å²) in [4.78, 5) is 0.278. The van der Waals surface area contributed by atoms with Gasteiger partial charge in [-0.25, -0.2) is 8.42 Å². The topological polar surface area (TPSA) is 54.4 Å². The van der Waals surface area contributed by atoms with Crippen LogP contribution in [0, 0.1) is 0 Å². The van der Waals surface area contributed by atoms with E-state index in [4.69, 9.17) is 0 Å². The van der Waals surface area contributed by atoms with Gasteiger partial charge in [0.15, 0.2) is 9.84 Å². The van der Waals surface area contributed by atoms with Crippen molar-refractivity contribution in [3.05, 3.63) is 29.8 Å². The molecule has 2 unspecified atom stereocenters. The van der Waals surface area contributed by atoms with E-state index in [0.29, 0.717) is 6.42 Å². The molecule has 108 valence electrons. The van der Waals surface area contributed by atoms with E-state index < -0.39 is 21.2 Å². The molecule has 0 bridgehead atoms. The molecule has 0 aromatic heterocycles. The number of hydrogen-bond donors (Lipinski definition) is 1. The Labute approximate surface area is 116 Å². The van der Waals surface area contributed by atoms with Gasteiger partial charge >= 0.3 is 0 Å². The zero-order valence-electron chi connectivity index (χ0n) is 12.3. The smallest absolute Gasteiger partial charge is 0.183 e. The minimum atomic E-state index is -3.46. The summed E-state index contributed by atoms with van der Waals surface area (Å²) in [7, 11) is -3.46. The van der Waals surface area contributed by atoms with Gasteiger partial charge in [0.05, 0.1) is 16.2 Å². The van der Waals surface area contributed by atoms with Crippen LogP contribution >= 0.6 is 0 Å². The molecular weight excluding hydrogens is 260 g/mol. The van der Waals surface area contributed by atoms with E-state index in [1.165, 1.54) is 0 Å². The number of benzene rings is 1. The Hall–Kier alpha value is -0.870. The number of aliphatic hydroxyl groups excluding tert-OH is 1. The van der Waals surface area contributed by atoms with Crippen molar-refractivity contribution in [2.45, 2.75) is 62.7 Å². The zero-order valence-corrected chi connectivity index (χ0v) is 13.2. The van der Waals surface area contributed by atoms with Gasteiger partial charge in [0.2, 0.25) is 0 Å². The molecule has 0 aliphatic heterocycles. The van der Waals surface area contributed by atoms with Crippen LogP contribution in [0.15, 0.2) is 29.2 Å². The normalized spacial score (nSPS) is 16.1. The molecule has 4 heteroatoms. The molecule has 0 amide bonds. The van der Waals surface area contributed by atoms with E-state index in [2.05, 4.69) is 20.8 Å². The van der Waals surface area contributed by atoms with Crippen LogP contribution in [0.25, 0.3) is 0 Å². The van der Waals surface area contributed by atoms with Gasteiger partial charge in [-0.3, -0.25) is 0 Å². The van der Waals surface area contributed by atoms with Crippen LogP contribution < -0.4 is 0 Å². The maximum atomic E-state index is 12.3. The van der Waals surface area contributed by atoms with Crippen molar-refractivity contribution in [2.24, 2.45) is 0 Å². The highest BCUT2D eigenvalue weighted by molar-refractivity contribution is 7.92. The molecule has 1 rings (SSSR count). The molecule has 0 spiro atoms. The average Bonchev–Trinajstić information content (AvgIpc) is 2.36. The number of rotatable bonds is 4. The summed E-state index contributed by atoms with van der Waals surface area (Å²) in [5.74, 6) is 0. The lowest BCUT2D eigenvalue weighted by atomic mass is 9.87. The molecule has 1 aromatic rings. The van der Waals surface area contributed by atoms with Crippen LogP contribution in [0.2, 0.25) is 0 Å². The summed E-state index contributed by atoms with van der Waals surface area (Å²) >= 11 is 0. The second-order valence-corrected chi connectivity index (χ2v) is 8.31. The average molecular weight is 284 g/mol. The number of hydrogen-bond acceptors (Lipinski definition) is 3. The lowest BCUT2D eigenvalue weighted by Gasteiger charge is -2.21. The first-order valence-electron chi connectivity index (χ1n) is 6.63. The van der Waals surface area contributed by atoms with E-state index in [1.807, 2.05) is 12.1 Å². The highest BCUT2D eigenvalue weighted by Crippen LogP contribution is 2.25. The Morgan fingerprint density at radius 3 is 2.00 bits per heavy atom. The fraction of sp³-hybridized carbons (Fsp3) is 0.600. The summed E-state index contributed by atoms with van der Waals surface area (Å²) in [5.41, 5.74) is 1.09. The highest BCUT2D eigenvalue weighted by Gasteiger charge is 2.29. The van der Waals surface area contributed by atoms with Crippen LogP contribution in [-0.4, -0.2) is 24.9 Å². The Morgan fingerprint density at radius 1 is 1.16 bits per heavy atom. The van der Waals surface area contributed by atoms with E-state index in [1.54, 1.807) is 26.0 Å². The molecule has 19 heavy (non-hydrogen) atoms. The maximum Gasteiger partial charge on any atom is 0.183 e. The molecule has 3 nitrogen and oxygen atoms in total. The summed E-state index contributed by atoms with van der Waals surface area (Å²) < 4.78 is 24.7. The third-order valence-corrected chi connectivity index (χ3v) is 5.72. The Kier molecular flexibility index (Phi) is 4.80. The van der Waals surface area contributed by atoms with Gasteiger partial charge in [0, 0.05) is 0 Å². The predicted octanol–water partition coefficient (Wildman–Crippen LogP) is 2.92. The fourth-order valence-electron chi connectivity index (χ4n) is 1.90. The molecule has 0 aliphatic rings. The van der Waals surface area contributed by atoms with E-state index in [-0.39, 0.29) is 10.3 Å². The maximum absolute atomic E-state index is 12.3.